The fourth-order valence-electron chi connectivity index (χ4n) is 5.12. The first kappa shape index (κ1) is 27.1. The summed E-state index contributed by atoms with van der Waals surface area (Å²) in [6.07, 6.45) is 0. The highest BCUT2D eigenvalue weighted by Crippen LogP contribution is 2.35. The molecule has 0 spiro atoms. The van der Waals surface area contributed by atoms with E-state index in [9.17, 15) is 24.1 Å². The topological polar surface area (TPSA) is 73.9 Å². The molecule has 204 valence electrons. The Morgan fingerprint density at radius 3 is 1.98 bits per heavy atom. The molecule has 0 amide bonds. The van der Waals surface area contributed by atoms with Gasteiger partial charge in [0.2, 0.25) is 0 Å². The predicted molar refractivity (Wildman–Crippen MR) is 161 cm³/mol. The summed E-state index contributed by atoms with van der Waals surface area (Å²) in [7, 11) is 0. The minimum atomic E-state index is -0.714. The first-order valence-electron chi connectivity index (χ1n) is 13.3. The van der Waals surface area contributed by atoms with E-state index in [-0.39, 0.29) is 22.3 Å². The zero-order valence-electron chi connectivity index (χ0n) is 22.5. The number of nitriles is 2. The van der Waals surface area contributed by atoms with E-state index in [1.165, 1.54) is 24.3 Å². The second-order valence-corrected chi connectivity index (χ2v) is 9.74. The molecule has 6 aromatic carbocycles. The molecule has 0 radical (unpaired) electrons. The van der Waals surface area contributed by atoms with Crippen molar-refractivity contribution < 1.29 is 18.3 Å². The van der Waals surface area contributed by atoms with Crippen LogP contribution in [0.2, 0.25) is 0 Å². The van der Waals surface area contributed by atoms with Crippen molar-refractivity contribution in [2.45, 2.75) is 0 Å². The van der Waals surface area contributed by atoms with Crippen LogP contribution in [-0.2, 0) is 0 Å². The van der Waals surface area contributed by atoms with E-state index >= 15 is 0 Å². The van der Waals surface area contributed by atoms with E-state index in [1.54, 1.807) is 54.6 Å². The first-order valence-corrected chi connectivity index (χ1v) is 13.3. The summed E-state index contributed by atoms with van der Waals surface area (Å²) in [5, 5.41) is 21.3. The lowest BCUT2D eigenvalue weighted by Gasteiger charge is -2.15. The highest BCUT2D eigenvalue weighted by atomic mass is 19.1. The average Bonchev–Trinajstić information content (AvgIpc) is 3.04. The van der Waals surface area contributed by atoms with E-state index in [0.717, 1.165) is 10.8 Å². The third-order valence-corrected chi connectivity index (χ3v) is 7.21. The molecule has 0 heterocycles. The van der Waals surface area contributed by atoms with Crippen LogP contribution in [0.1, 0.15) is 27.0 Å². The molecule has 0 aliphatic heterocycles. The molecule has 6 aromatic rings. The molecule has 0 aliphatic rings. The lowest BCUT2D eigenvalue weighted by molar-refractivity contribution is 0.103. The van der Waals surface area contributed by atoms with Gasteiger partial charge in [-0.05, 0) is 65.0 Å². The van der Waals surface area contributed by atoms with Crippen LogP contribution >= 0.6 is 0 Å². The Bertz CT molecular complexity index is 2120. The predicted octanol–water partition coefficient (Wildman–Crippen LogP) is 9.22. The van der Waals surface area contributed by atoms with Crippen molar-refractivity contribution in [2.75, 3.05) is 0 Å². The molecule has 0 saturated heterocycles. The Kier molecular flexibility index (Phi) is 7.18. The molecule has 0 aromatic heterocycles. The molecule has 43 heavy (non-hydrogen) atoms. The van der Waals surface area contributed by atoms with Gasteiger partial charge in [0, 0.05) is 27.6 Å². The number of ketones is 1. The molecule has 0 unspecified atom stereocenters. The van der Waals surface area contributed by atoms with Gasteiger partial charge in [-0.15, -0.1) is 0 Å². The van der Waals surface area contributed by atoms with Gasteiger partial charge in [-0.1, -0.05) is 72.8 Å². The fourth-order valence-corrected chi connectivity index (χ4v) is 5.12. The van der Waals surface area contributed by atoms with Gasteiger partial charge in [-0.3, -0.25) is 4.79 Å². The normalized spacial score (nSPS) is 10.6. The zero-order chi connectivity index (χ0) is 29.9. The average molecular weight is 563 g/mol. The van der Waals surface area contributed by atoms with Crippen molar-refractivity contribution in [1.29, 1.82) is 10.5 Å². The van der Waals surface area contributed by atoms with Crippen molar-refractivity contribution >= 4 is 16.6 Å². The fraction of sp³-hybridized carbons (Fsp3) is 0. The maximum atomic E-state index is 14.6. The SMILES string of the molecule is N#Cc1c(F)cccc1-c1ccc(-c2cccc(F)c2C#N)c(C(=O)c2ccc(Oc3cccc4ccccc34)cc2)c1. The van der Waals surface area contributed by atoms with Crippen LogP contribution in [0, 0.1) is 34.3 Å². The van der Waals surface area contributed by atoms with Crippen LogP contribution in [-0.4, -0.2) is 5.78 Å². The van der Waals surface area contributed by atoms with E-state index in [0.29, 0.717) is 33.8 Å². The summed E-state index contributed by atoms with van der Waals surface area (Å²) in [6, 6.07) is 37.2. The highest BCUT2D eigenvalue weighted by molar-refractivity contribution is 6.14. The van der Waals surface area contributed by atoms with Crippen LogP contribution < -0.4 is 4.74 Å². The molecule has 0 aliphatic carbocycles. The molecule has 0 saturated carbocycles. The van der Waals surface area contributed by atoms with Crippen molar-refractivity contribution in [2.24, 2.45) is 0 Å². The monoisotopic (exact) mass is 562 g/mol. The summed E-state index contributed by atoms with van der Waals surface area (Å²) in [5.74, 6) is -0.607. The van der Waals surface area contributed by atoms with E-state index in [1.807, 2.05) is 54.6 Å². The van der Waals surface area contributed by atoms with Crippen LogP contribution in [0.4, 0.5) is 8.78 Å². The number of fused-ring (bicyclic) bond motifs is 1. The molecule has 0 atom stereocenters. The number of carbonyl (C=O) groups excluding carboxylic acids is 1. The lowest BCUT2D eigenvalue weighted by atomic mass is 9.88. The minimum Gasteiger partial charge on any atom is -0.457 e. The van der Waals surface area contributed by atoms with Gasteiger partial charge in [-0.25, -0.2) is 8.78 Å². The van der Waals surface area contributed by atoms with Gasteiger partial charge in [0.15, 0.2) is 5.78 Å². The number of hydrogen-bond donors (Lipinski definition) is 0. The smallest absolute Gasteiger partial charge is 0.193 e. The Balaban J connectivity index is 1.43. The van der Waals surface area contributed by atoms with Crippen molar-refractivity contribution in [1.82, 2.24) is 0 Å². The van der Waals surface area contributed by atoms with Crippen molar-refractivity contribution in [3.05, 3.63) is 155 Å². The Morgan fingerprint density at radius 1 is 0.628 bits per heavy atom. The summed E-state index contributed by atoms with van der Waals surface area (Å²) in [6.45, 7) is 0. The van der Waals surface area contributed by atoms with Gasteiger partial charge in [0.05, 0.1) is 11.1 Å². The second kappa shape index (κ2) is 11.4. The van der Waals surface area contributed by atoms with E-state index < -0.39 is 17.4 Å². The molecule has 6 heteroatoms. The molecule has 4 nitrogen and oxygen atoms in total. The number of hydrogen-bond acceptors (Lipinski definition) is 4. The second-order valence-electron chi connectivity index (χ2n) is 9.74. The Morgan fingerprint density at radius 2 is 1.26 bits per heavy atom. The minimum absolute atomic E-state index is 0.160. The third kappa shape index (κ3) is 5.10. The number of benzene rings is 6. The molecular weight excluding hydrogens is 542 g/mol. The van der Waals surface area contributed by atoms with Gasteiger partial charge < -0.3 is 4.74 Å². The van der Waals surface area contributed by atoms with Crippen LogP contribution in [0.5, 0.6) is 11.5 Å². The number of nitrogens with zero attached hydrogens (tertiary/aromatic N) is 2. The number of rotatable bonds is 6. The summed E-state index contributed by atoms with van der Waals surface area (Å²) < 4.78 is 35.2. The van der Waals surface area contributed by atoms with Crippen molar-refractivity contribution in [3.8, 4) is 45.9 Å². The van der Waals surface area contributed by atoms with Crippen molar-refractivity contribution in [3.63, 3.8) is 0 Å². The number of ether oxygens (including phenoxy) is 1. The molecule has 0 N–H and O–H groups in total. The van der Waals surface area contributed by atoms with Gasteiger partial charge in [-0.2, -0.15) is 10.5 Å². The van der Waals surface area contributed by atoms with Gasteiger partial charge in [0.25, 0.3) is 0 Å². The number of halogens is 2. The zero-order valence-corrected chi connectivity index (χ0v) is 22.5. The standard InChI is InChI=1S/C37H20F2N2O2/c38-34-11-4-9-27(32(34)21-40)25-16-19-30(29-10-5-12-35(39)33(29)22-41)31(20-25)37(42)24-14-17-26(18-15-24)43-36-13-3-7-23-6-1-2-8-28(23)36/h1-20H. The van der Waals surface area contributed by atoms with E-state index in [2.05, 4.69) is 0 Å². The first-order chi connectivity index (χ1) is 21.0. The molecule has 0 fully saturated rings. The van der Waals surface area contributed by atoms with Crippen LogP contribution in [0.25, 0.3) is 33.0 Å². The maximum absolute atomic E-state index is 14.6. The Hall–Kier alpha value is -6.11. The third-order valence-electron chi connectivity index (χ3n) is 7.21. The summed E-state index contributed by atoms with van der Waals surface area (Å²) >= 11 is 0. The van der Waals surface area contributed by atoms with Gasteiger partial charge >= 0.3 is 0 Å². The lowest BCUT2D eigenvalue weighted by Crippen LogP contribution is -2.05. The molecule has 0 bridgehead atoms. The highest BCUT2D eigenvalue weighted by Gasteiger charge is 2.21. The Labute approximate surface area is 246 Å². The van der Waals surface area contributed by atoms with Crippen LogP contribution in [0.15, 0.2) is 121 Å². The largest absolute Gasteiger partial charge is 0.457 e. The quantitative estimate of drug-likeness (QED) is 0.190. The van der Waals surface area contributed by atoms with E-state index in [4.69, 9.17) is 4.74 Å². The number of carbonyl (C=O) groups is 1. The molecule has 6 rings (SSSR count). The van der Waals surface area contributed by atoms with Gasteiger partial charge in [0.1, 0.15) is 35.3 Å². The summed E-state index contributed by atoms with van der Waals surface area (Å²) in [5.41, 5.74) is 1.42. The summed E-state index contributed by atoms with van der Waals surface area (Å²) in [4.78, 5) is 14.0. The van der Waals surface area contributed by atoms with Crippen LogP contribution in [0.3, 0.4) is 0 Å². The molecular formula is C37H20F2N2O2. The maximum Gasteiger partial charge on any atom is 0.193 e.